The third-order valence-corrected chi connectivity index (χ3v) is 3.00. The lowest BCUT2D eigenvalue weighted by atomic mass is 10.1. The van der Waals surface area contributed by atoms with E-state index in [0.717, 1.165) is 17.7 Å². The number of hydrogen-bond donors (Lipinski definition) is 0. The topological polar surface area (TPSA) is 33.0 Å². The highest BCUT2D eigenvalue weighted by Gasteiger charge is 2.34. The Hall–Kier alpha value is -2.48. The third kappa shape index (κ3) is 3.54. The molecule has 0 aliphatic heterocycles. The number of ether oxygens (including phenoxy) is 1. The Morgan fingerprint density at radius 3 is 2.33 bits per heavy atom. The van der Waals surface area contributed by atoms with Crippen LogP contribution in [0.25, 0.3) is 0 Å². The highest BCUT2D eigenvalue weighted by Crippen LogP contribution is 2.35. The summed E-state index contributed by atoms with van der Waals surface area (Å²) in [7, 11) is 0. The maximum absolute atomic E-state index is 12.9. The second kappa shape index (κ2) is 5.88. The van der Waals surface area contributed by atoms with Gasteiger partial charge in [-0.05, 0) is 30.7 Å². The molecule has 21 heavy (non-hydrogen) atoms. The van der Waals surface area contributed by atoms with Crippen molar-refractivity contribution in [3.63, 3.8) is 0 Å². The zero-order chi connectivity index (χ0) is 15.5. The van der Waals surface area contributed by atoms with Gasteiger partial charge in [-0.1, -0.05) is 30.3 Å². The number of halogens is 3. The Balaban J connectivity index is 2.28. The summed E-state index contributed by atoms with van der Waals surface area (Å²) in [6.07, 6.45) is -4.97. The molecule has 0 N–H and O–H groups in total. The Labute approximate surface area is 120 Å². The Morgan fingerprint density at radius 1 is 1.10 bits per heavy atom. The van der Waals surface area contributed by atoms with Gasteiger partial charge in [0.25, 0.3) is 0 Å². The Bertz CT molecular complexity index is 659. The van der Waals surface area contributed by atoms with Crippen molar-refractivity contribution < 1.29 is 17.9 Å². The van der Waals surface area contributed by atoms with Crippen molar-refractivity contribution in [2.45, 2.75) is 19.2 Å². The first kappa shape index (κ1) is 14.9. The summed E-state index contributed by atoms with van der Waals surface area (Å²) in [5.74, 6) is 0.0812. The van der Waals surface area contributed by atoms with Crippen LogP contribution in [0.15, 0.2) is 48.5 Å². The third-order valence-electron chi connectivity index (χ3n) is 3.00. The summed E-state index contributed by atoms with van der Waals surface area (Å²) in [5.41, 5.74) is -0.541. The quantitative estimate of drug-likeness (QED) is 0.820. The molecule has 0 aliphatic rings. The van der Waals surface area contributed by atoms with Crippen LogP contribution in [0, 0.1) is 11.3 Å². The lowest BCUT2D eigenvalue weighted by molar-refractivity contribution is -0.137. The fraction of sp³-hybridized carbons (Fsp3) is 0.188. The van der Waals surface area contributed by atoms with Crippen molar-refractivity contribution in [3.8, 4) is 11.8 Å². The van der Waals surface area contributed by atoms with Crippen LogP contribution < -0.4 is 4.74 Å². The number of nitrogens with zero attached hydrogens (tertiary/aromatic N) is 1. The molecule has 0 aliphatic carbocycles. The molecule has 0 saturated heterocycles. The van der Waals surface area contributed by atoms with Gasteiger partial charge < -0.3 is 4.74 Å². The lowest BCUT2D eigenvalue weighted by Gasteiger charge is -2.17. The molecule has 0 heterocycles. The van der Waals surface area contributed by atoms with Crippen LogP contribution in [0.5, 0.6) is 5.75 Å². The van der Waals surface area contributed by atoms with Gasteiger partial charge in [-0.2, -0.15) is 18.4 Å². The molecule has 0 spiro atoms. The first-order valence-electron chi connectivity index (χ1n) is 6.25. The summed E-state index contributed by atoms with van der Waals surface area (Å²) < 4.78 is 44.1. The molecule has 2 rings (SSSR count). The largest absolute Gasteiger partial charge is 0.486 e. The van der Waals surface area contributed by atoms with Crippen LogP contribution in [0.4, 0.5) is 13.2 Å². The molecule has 0 radical (unpaired) electrons. The Kier molecular flexibility index (Phi) is 4.18. The van der Waals surface area contributed by atoms with Crippen molar-refractivity contribution in [2.24, 2.45) is 0 Å². The molecule has 108 valence electrons. The lowest BCUT2D eigenvalue weighted by Crippen LogP contribution is -2.09. The number of rotatable bonds is 3. The second-order valence-corrected chi connectivity index (χ2v) is 4.49. The predicted molar refractivity (Wildman–Crippen MR) is 71.6 cm³/mol. The van der Waals surface area contributed by atoms with E-state index in [2.05, 4.69) is 0 Å². The van der Waals surface area contributed by atoms with Crippen LogP contribution in [0.3, 0.4) is 0 Å². The van der Waals surface area contributed by atoms with Crippen molar-refractivity contribution in [1.29, 1.82) is 5.26 Å². The average Bonchev–Trinajstić information content (AvgIpc) is 2.47. The van der Waals surface area contributed by atoms with Gasteiger partial charge in [0.05, 0.1) is 17.2 Å². The van der Waals surface area contributed by atoms with Crippen LogP contribution >= 0.6 is 0 Å². The first-order chi connectivity index (χ1) is 9.91. The predicted octanol–water partition coefficient (Wildman–Crippen LogP) is 4.72. The van der Waals surface area contributed by atoms with Gasteiger partial charge in [-0.25, -0.2) is 0 Å². The standard InChI is InChI=1S/C16H12F3NO/c1-11(12-5-3-2-4-6-12)21-14-8-7-13(10-20)15(9-14)16(17,18)19/h2-9,11H,1H3. The Morgan fingerprint density at radius 2 is 1.76 bits per heavy atom. The van der Waals surface area contributed by atoms with Gasteiger partial charge in [-0.3, -0.25) is 0 Å². The fourth-order valence-electron chi connectivity index (χ4n) is 1.92. The van der Waals surface area contributed by atoms with Crippen molar-refractivity contribution in [2.75, 3.05) is 0 Å². The molecule has 5 heteroatoms. The van der Waals surface area contributed by atoms with Crippen molar-refractivity contribution in [3.05, 3.63) is 65.2 Å². The highest BCUT2D eigenvalue weighted by molar-refractivity contribution is 5.44. The summed E-state index contributed by atoms with van der Waals surface area (Å²) in [5, 5.41) is 8.74. The van der Waals surface area contributed by atoms with Gasteiger partial charge in [0.2, 0.25) is 0 Å². The van der Waals surface area contributed by atoms with E-state index in [4.69, 9.17) is 10.00 Å². The molecule has 2 aromatic carbocycles. The number of alkyl halides is 3. The maximum Gasteiger partial charge on any atom is 0.417 e. The van der Waals surface area contributed by atoms with Gasteiger partial charge >= 0.3 is 6.18 Å². The molecule has 0 aromatic heterocycles. The molecule has 2 aromatic rings. The molecular formula is C16H12F3NO. The molecule has 1 unspecified atom stereocenters. The van der Waals surface area contributed by atoms with Crippen LogP contribution in [0.2, 0.25) is 0 Å². The van der Waals surface area contributed by atoms with E-state index in [0.29, 0.717) is 0 Å². The monoisotopic (exact) mass is 291 g/mol. The van der Waals surface area contributed by atoms with Gasteiger partial charge in [0.15, 0.2) is 0 Å². The van der Waals surface area contributed by atoms with E-state index in [-0.39, 0.29) is 11.9 Å². The van der Waals surface area contributed by atoms with Gasteiger partial charge in [0.1, 0.15) is 11.9 Å². The number of benzene rings is 2. The van der Waals surface area contributed by atoms with E-state index < -0.39 is 17.3 Å². The van der Waals surface area contributed by atoms with E-state index in [1.165, 1.54) is 12.1 Å². The normalized spacial score (nSPS) is 12.5. The fourth-order valence-corrected chi connectivity index (χ4v) is 1.92. The molecule has 2 nitrogen and oxygen atoms in total. The van der Waals surface area contributed by atoms with Crippen LogP contribution in [-0.2, 0) is 6.18 Å². The van der Waals surface area contributed by atoms with Crippen LogP contribution in [0.1, 0.15) is 29.7 Å². The minimum absolute atomic E-state index is 0.0812. The molecular weight excluding hydrogens is 279 g/mol. The summed E-state index contributed by atoms with van der Waals surface area (Å²) in [4.78, 5) is 0. The molecule has 0 saturated carbocycles. The summed E-state index contributed by atoms with van der Waals surface area (Å²) >= 11 is 0. The average molecular weight is 291 g/mol. The maximum atomic E-state index is 12.9. The molecule has 0 bridgehead atoms. The van der Waals surface area contributed by atoms with Gasteiger partial charge in [0, 0.05) is 0 Å². The van der Waals surface area contributed by atoms with Gasteiger partial charge in [-0.15, -0.1) is 0 Å². The van der Waals surface area contributed by atoms with Crippen LogP contribution in [-0.4, -0.2) is 0 Å². The van der Waals surface area contributed by atoms with Crippen molar-refractivity contribution in [1.82, 2.24) is 0 Å². The van der Waals surface area contributed by atoms with E-state index in [1.807, 2.05) is 30.3 Å². The van der Waals surface area contributed by atoms with Crippen molar-refractivity contribution >= 4 is 0 Å². The zero-order valence-corrected chi connectivity index (χ0v) is 11.2. The second-order valence-electron chi connectivity index (χ2n) is 4.49. The summed E-state index contributed by atoms with van der Waals surface area (Å²) in [6, 6.07) is 14.1. The minimum atomic E-state index is -4.58. The first-order valence-corrected chi connectivity index (χ1v) is 6.25. The minimum Gasteiger partial charge on any atom is -0.486 e. The van der Waals surface area contributed by atoms with E-state index in [9.17, 15) is 13.2 Å². The molecule has 0 amide bonds. The smallest absolute Gasteiger partial charge is 0.417 e. The van der Waals surface area contributed by atoms with E-state index in [1.54, 1.807) is 6.92 Å². The number of hydrogen-bond acceptors (Lipinski definition) is 2. The zero-order valence-electron chi connectivity index (χ0n) is 11.2. The molecule has 0 fully saturated rings. The molecule has 1 atom stereocenters. The highest BCUT2D eigenvalue weighted by atomic mass is 19.4. The summed E-state index contributed by atoms with van der Waals surface area (Å²) in [6.45, 7) is 1.75. The number of nitriles is 1. The SMILES string of the molecule is CC(Oc1ccc(C#N)c(C(F)(F)F)c1)c1ccccc1. The van der Waals surface area contributed by atoms with E-state index >= 15 is 0 Å².